The van der Waals surface area contributed by atoms with Crippen molar-refractivity contribution >= 4 is 45.4 Å². The number of alkyl carbamates (subject to hydrolysis) is 5. The Balaban J connectivity index is 0. The molecule has 0 bridgehead atoms. The third-order valence-electron chi connectivity index (χ3n) is 17.9. The van der Waals surface area contributed by atoms with Crippen LogP contribution in [0.1, 0.15) is 101 Å². The van der Waals surface area contributed by atoms with Crippen LogP contribution in [0.3, 0.4) is 0 Å². The number of aliphatic hydroxyl groups is 2. The van der Waals surface area contributed by atoms with Crippen molar-refractivity contribution in [1.29, 1.82) is 0 Å². The number of hydrogen-bond acceptors (Lipinski definition) is 29. The standard InChI is InChI=1S/C34H46N2O10.C33H46N2O11.C15H21NO5.CH2O3.B.4Na.3H/c1-24(16-39-29-22-45-33(2,3)43-20-27(29)35-31(37)41-18-25-12-8-6-9-13-25)17-40-30-23-46-34(4,5)44-21-28(30)36-32(38)42-19-26-14-10-7-11-15-26;1-32(2)43-19-26(34-30(37)41-15-23-11-7-5-8-12-23)28(21-45-32)39-17-25(36)18-40-29-22-46-33(3,4)44-20-27(29)35-31(38)42-16-24-13-9-6-10-14-24;1-15(2)20-9-12(13(17)10-21-15)16-14(18)19-8-11-6-4-3-5-7-11;2-1-4-3;;;;;;;;/h6-15,27-30H,1,16-23H2,2-5H3,(H,35,37)(H,36,38);5-14,25-29,36H,15-22H2,1-4H3,(H,34,37)(H,35,38);3-7,12-13,17H,8-10H2,1-2H3,(H,16,18);1,3H;;;;;;;;/q;;;;;4*+1;3*-1/p-1. The van der Waals surface area contributed by atoms with E-state index in [9.17, 15) is 34.2 Å². The third-order valence-corrected chi connectivity index (χ3v) is 17.9. The first kappa shape index (κ1) is 113. The number of benzene rings is 5. The van der Waals surface area contributed by atoms with E-state index in [1.165, 1.54) is 0 Å². The van der Waals surface area contributed by atoms with Crippen molar-refractivity contribution in [3.05, 3.63) is 192 Å². The van der Waals surface area contributed by atoms with Crippen LogP contribution < -0.4 is 150 Å². The number of rotatable bonds is 28. The molecule has 7 N–H and O–H groups in total. The second-order valence-electron chi connectivity index (χ2n) is 29.8. The number of ether oxygens (including phenoxy) is 19. The Hall–Kier alpha value is -4.96. The van der Waals surface area contributed by atoms with E-state index in [1.54, 1.807) is 69.2 Å². The minimum atomic E-state index is -1.05. The topological polar surface area (TPSA) is 411 Å². The van der Waals surface area contributed by atoms with Gasteiger partial charge in [0, 0.05) is 8.41 Å². The van der Waals surface area contributed by atoms with Crippen molar-refractivity contribution in [2.45, 2.75) is 198 Å². The van der Waals surface area contributed by atoms with Crippen LogP contribution in [0, 0.1) is 0 Å². The first-order valence-electron chi connectivity index (χ1n) is 38.3. The summed E-state index contributed by atoms with van der Waals surface area (Å²) in [6.45, 7) is 23.7. The van der Waals surface area contributed by atoms with Crippen molar-refractivity contribution in [3.63, 3.8) is 0 Å². The molecule has 5 aromatic carbocycles. The molecular weight excluding hydrogens is 1630 g/mol. The average molecular weight is 1750 g/mol. The van der Waals surface area contributed by atoms with Gasteiger partial charge in [0.1, 0.15) is 63.6 Å². The van der Waals surface area contributed by atoms with Gasteiger partial charge in [0.2, 0.25) is 0 Å². The van der Waals surface area contributed by atoms with Gasteiger partial charge in [-0.25, -0.2) is 24.0 Å². The summed E-state index contributed by atoms with van der Waals surface area (Å²) < 4.78 is 109. The maximum absolute atomic E-state index is 12.6. The molecule has 10 unspecified atom stereocenters. The van der Waals surface area contributed by atoms with Crippen molar-refractivity contribution < 1.29 is 262 Å². The molecule has 5 aromatic rings. The fourth-order valence-corrected chi connectivity index (χ4v) is 11.1. The first-order valence-corrected chi connectivity index (χ1v) is 38.3. The van der Waals surface area contributed by atoms with E-state index in [1.807, 2.05) is 152 Å². The molecule has 10 rings (SSSR count). The minimum absolute atomic E-state index is 0. The molecule has 5 fully saturated rings. The SMILES string of the molecule is C=C(COC1COC(C)(C)OCC1NC(=O)OCc1ccccc1)COC1COC(C)(C)OCC1NC(=O)OCc1ccccc1.CC1(C)OCC(NC(=O)OCc2ccccc2)C(OCC(O)COC2COC(C)(C)OCC2NC(=O)OCc2ccccc2)CO1.CC1(C)OCC(O)C(NC(=O)OCc2ccccc2)CO1.O=CO[O-].[B].[H-].[H-].[H-].[Na+].[Na+].[Na+].[Na+]. The molecule has 5 saturated heterocycles. The molecule has 0 aromatic heterocycles. The second-order valence-corrected chi connectivity index (χ2v) is 29.8. The molecule has 3 radical (unpaired) electrons. The van der Waals surface area contributed by atoms with Crippen LogP contribution in [0.15, 0.2) is 164 Å². The molecule has 10 atom stereocenters. The molecule has 5 aliphatic rings. The summed E-state index contributed by atoms with van der Waals surface area (Å²) in [6.07, 6.45) is -7.32. The molecular formula is C83H117BN5Na4O29. The van der Waals surface area contributed by atoms with Crippen molar-refractivity contribution in [2.75, 3.05) is 92.5 Å². The van der Waals surface area contributed by atoms with Gasteiger partial charge in [0.05, 0.1) is 129 Å². The predicted octanol–water partition coefficient (Wildman–Crippen LogP) is -4.43. The summed E-state index contributed by atoms with van der Waals surface area (Å²) in [4.78, 5) is 73.5. The normalized spacial score (nSPS) is 22.9. The molecule has 5 heterocycles. The fourth-order valence-electron chi connectivity index (χ4n) is 11.1. The number of carbonyl (C=O) groups excluding carboxylic acids is 6. The van der Waals surface area contributed by atoms with E-state index in [2.05, 4.69) is 38.1 Å². The molecule has 122 heavy (non-hydrogen) atoms. The van der Waals surface area contributed by atoms with Crippen LogP contribution in [0.25, 0.3) is 0 Å². The van der Waals surface area contributed by atoms with Gasteiger partial charge in [-0.2, -0.15) is 0 Å². The van der Waals surface area contributed by atoms with Crippen LogP contribution in [0.4, 0.5) is 24.0 Å². The van der Waals surface area contributed by atoms with E-state index in [0.717, 1.165) is 27.8 Å². The van der Waals surface area contributed by atoms with E-state index < -0.39 is 126 Å². The average Bonchev–Trinajstić information content (AvgIpc) is 1.82. The van der Waals surface area contributed by atoms with Crippen molar-refractivity contribution in [1.82, 2.24) is 26.6 Å². The summed E-state index contributed by atoms with van der Waals surface area (Å²) in [5.41, 5.74) is 4.98. The first-order chi connectivity index (χ1) is 55.8. The van der Waals surface area contributed by atoms with Gasteiger partial charge in [0.15, 0.2) is 28.9 Å². The van der Waals surface area contributed by atoms with Gasteiger partial charge in [-0.1, -0.05) is 158 Å². The maximum atomic E-state index is 12.6. The molecule has 0 saturated carbocycles. The van der Waals surface area contributed by atoms with Crippen molar-refractivity contribution in [2.24, 2.45) is 0 Å². The zero-order valence-electron chi connectivity index (χ0n) is 75.5. The van der Waals surface area contributed by atoms with Crippen LogP contribution in [0.5, 0.6) is 0 Å². The zero-order valence-corrected chi connectivity index (χ0v) is 80.5. The maximum Gasteiger partial charge on any atom is 1.00 e. The number of amides is 5. The largest absolute Gasteiger partial charge is 1.00 e. The molecule has 5 amide bonds. The van der Waals surface area contributed by atoms with E-state index in [-0.39, 0.29) is 263 Å². The van der Waals surface area contributed by atoms with Crippen LogP contribution in [-0.2, 0) is 133 Å². The van der Waals surface area contributed by atoms with Gasteiger partial charge in [-0.3, -0.25) is 4.79 Å². The third kappa shape index (κ3) is 45.7. The predicted molar refractivity (Wildman–Crippen MR) is 424 cm³/mol. The van der Waals surface area contributed by atoms with Crippen LogP contribution in [0.2, 0.25) is 0 Å². The van der Waals surface area contributed by atoms with E-state index in [4.69, 9.17) is 100 Å². The number of hydrogen-bond donors (Lipinski definition) is 7. The second kappa shape index (κ2) is 59.2. The number of nitrogens with one attached hydrogen (secondary N) is 5. The Bertz CT molecular complexity index is 3590. The van der Waals surface area contributed by atoms with Gasteiger partial charge >= 0.3 is 149 Å². The summed E-state index contributed by atoms with van der Waals surface area (Å²) in [5.74, 6) is -4.27. The van der Waals surface area contributed by atoms with Crippen molar-refractivity contribution in [3.8, 4) is 0 Å². The van der Waals surface area contributed by atoms with Gasteiger partial charge < -0.3 is 141 Å². The summed E-state index contributed by atoms with van der Waals surface area (Å²) >= 11 is 0. The number of carbonyl (C=O) groups is 6. The summed E-state index contributed by atoms with van der Waals surface area (Å²) in [7, 11) is 0. The van der Waals surface area contributed by atoms with Crippen LogP contribution in [-0.4, -0.2) is 244 Å². The van der Waals surface area contributed by atoms with Gasteiger partial charge in [-0.15, -0.1) is 0 Å². The monoisotopic (exact) mass is 1750 g/mol. The zero-order chi connectivity index (χ0) is 84.7. The minimum Gasteiger partial charge on any atom is -1.00 e. The fraction of sp³-hybridized carbons (Fsp3) is 0.542. The quantitative estimate of drug-likeness (QED) is 0.00620. The van der Waals surface area contributed by atoms with Crippen LogP contribution >= 0.6 is 0 Å². The molecule has 0 aliphatic carbocycles. The Morgan fingerprint density at radius 2 is 0.582 bits per heavy atom. The van der Waals surface area contributed by atoms with Gasteiger partial charge in [0.25, 0.3) is 6.47 Å². The molecule has 0 spiro atoms. The smallest absolute Gasteiger partial charge is 1.00 e. The Kier molecular flexibility index (Phi) is 54.9. The molecule has 5 aliphatic heterocycles. The van der Waals surface area contributed by atoms with E-state index in [0.29, 0.717) is 5.57 Å². The molecule has 39 heteroatoms. The molecule has 34 nitrogen and oxygen atoms in total. The van der Waals surface area contributed by atoms with E-state index >= 15 is 0 Å². The van der Waals surface area contributed by atoms with Gasteiger partial charge in [-0.05, 0) is 103 Å². The number of aliphatic hydroxyl groups excluding tert-OH is 2. The summed E-state index contributed by atoms with van der Waals surface area (Å²) in [5, 5.41) is 43.1. The molecule has 655 valence electrons. The Morgan fingerprint density at radius 1 is 0.385 bits per heavy atom. The summed E-state index contributed by atoms with van der Waals surface area (Å²) in [6, 6.07) is 44.0. The Labute approximate surface area is 808 Å². The Morgan fingerprint density at radius 3 is 0.811 bits per heavy atom.